The lowest BCUT2D eigenvalue weighted by molar-refractivity contribution is -0.143. The minimum atomic E-state index is -1.39. The zero-order valence-corrected chi connectivity index (χ0v) is 27.5. The average molecular weight is 678 g/mol. The molecule has 15 heteroatoms. The highest BCUT2D eigenvalue weighted by Crippen LogP contribution is 2.41. The van der Waals surface area contributed by atoms with Gasteiger partial charge < -0.3 is 41.0 Å². The van der Waals surface area contributed by atoms with E-state index in [1.54, 1.807) is 24.3 Å². The van der Waals surface area contributed by atoms with E-state index in [4.69, 9.17) is 4.42 Å². The number of nitrogens with one attached hydrogen (secondary N) is 5. The predicted octanol–water partition coefficient (Wildman–Crippen LogP) is -0.352. The standard InChI is InChI=1S/C34H43N7O8/c1-17-29(43)38-23-10-6-9-22(23)30(44)40-26(18(2)42)32(46)39-24(13-19-7-4-3-5-8-19)34(48)41-15-21(14-25(41)31(45)36-17)37-33(47)27-28(20-11-12-20)49-16-35-27/h3-5,7-8,16-18,20-26,42H,6,9-15H2,1-2H3,(H,36,45)(H,37,47)(H,38,43)(H,39,46)(H,40,44)/t17-,18+,21+,22+,23+,24-,25-,26-/m0/s1. The zero-order valence-electron chi connectivity index (χ0n) is 27.5. The van der Waals surface area contributed by atoms with Gasteiger partial charge in [0.1, 0.15) is 29.9 Å². The number of fused-ring (bicyclic) bond motifs is 2. The molecule has 4 fully saturated rings. The molecule has 0 unspecified atom stereocenters. The van der Waals surface area contributed by atoms with Crippen molar-refractivity contribution >= 4 is 35.4 Å². The Morgan fingerprint density at radius 1 is 0.980 bits per heavy atom. The molecular formula is C34H43N7O8. The van der Waals surface area contributed by atoms with E-state index in [-0.39, 0.29) is 31.0 Å². The van der Waals surface area contributed by atoms with E-state index in [2.05, 4.69) is 31.6 Å². The van der Waals surface area contributed by atoms with Gasteiger partial charge in [-0.15, -0.1) is 0 Å². The number of carbonyl (C=O) groups excluding carboxylic acids is 6. The maximum atomic E-state index is 14.4. The van der Waals surface area contributed by atoms with Crippen molar-refractivity contribution in [1.29, 1.82) is 0 Å². The summed E-state index contributed by atoms with van der Waals surface area (Å²) in [6, 6.07) is 3.07. The van der Waals surface area contributed by atoms with Crippen LogP contribution < -0.4 is 26.6 Å². The van der Waals surface area contributed by atoms with Crippen LogP contribution in [0.2, 0.25) is 0 Å². The Balaban J connectivity index is 1.31. The normalized spacial score (nSPS) is 30.4. The summed E-state index contributed by atoms with van der Waals surface area (Å²) in [5.74, 6) is -3.51. The number of amides is 6. The molecule has 6 rings (SSSR count). The molecule has 0 bridgehead atoms. The molecule has 2 saturated heterocycles. The summed E-state index contributed by atoms with van der Waals surface area (Å²) < 4.78 is 5.46. The molecule has 2 aliphatic carbocycles. The fraction of sp³-hybridized carbons (Fsp3) is 0.559. The van der Waals surface area contributed by atoms with Crippen molar-refractivity contribution in [2.24, 2.45) is 5.92 Å². The summed E-state index contributed by atoms with van der Waals surface area (Å²) in [6.45, 7) is 2.82. The SMILES string of the molecule is C[C@@H]1NC(=O)[C@@H]2C[C@@H](NC(=O)c3ncoc3C3CC3)CN2C(=O)[C@H](Cc2ccccc2)NC(=O)[C@H]([C@@H](C)O)NC(=O)[C@@H]2CCC[C@H]2NC1=O. The fourth-order valence-electron chi connectivity index (χ4n) is 7.05. The molecular weight excluding hydrogens is 634 g/mol. The summed E-state index contributed by atoms with van der Waals surface area (Å²) in [4.78, 5) is 87.4. The van der Waals surface area contributed by atoms with Crippen LogP contribution in [0.3, 0.4) is 0 Å². The van der Waals surface area contributed by atoms with Gasteiger partial charge in [0, 0.05) is 31.0 Å². The van der Waals surface area contributed by atoms with Gasteiger partial charge in [-0.3, -0.25) is 28.8 Å². The quantitative estimate of drug-likeness (QED) is 0.236. The molecule has 3 heterocycles. The summed E-state index contributed by atoms with van der Waals surface area (Å²) in [6.07, 6.45) is 3.42. The van der Waals surface area contributed by atoms with Crippen molar-refractivity contribution < 1.29 is 38.3 Å². The van der Waals surface area contributed by atoms with E-state index in [1.807, 2.05) is 6.07 Å². The summed E-state index contributed by atoms with van der Waals surface area (Å²) in [5.41, 5.74) is 0.880. The zero-order chi connectivity index (χ0) is 34.8. The predicted molar refractivity (Wildman–Crippen MR) is 172 cm³/mol. The second kappa shape index (κ2) is 14.4. The fourth-order valence-corrected chi connectivity index (χ4v) is 7.05. The van der Waals surface area contributed by atoms with Crippen LogP contribution in [-0.4, -0.2) is 99.3 Å². The molecule has 262 valence electrons. The van der Waals surface area contributed by atoms with E-state index >= 15 is 0 Å². The van der Waals surface area contributed by atoms with Crippen LogP contribution in [0, 0.1) is 5.92 Å². The first kappa shape index (κ1) is 34.1. The maximum Gasteiger partial charge on any atom is 0.273 e. The van der Waals surface area contributed by atoms with Gasteiger partial charge in [0.25, 0.3) is 5.91 Å². The molecule has 0 radical (unpaired) electrons. The number of hydrogen-bond donors (Lipinski definition) is 6. The van der Waals surface area contributed by atoms with E-state index < -0.39 is 83.7 Å². The molecule has 6 amide bonds. The number of hydrogen-bond acceptors (Lipinski definition) is 9. The van der Waals surface area contributed by atoms with Gasteiger partial charge in [-0.1, -0.05) is 36.8 Å². The molecule has 4 aliphatic rings. The summed E-state index contributed by atoms with van der Waals surface area (Å²) >= 11 is 0. The number of aromatic nitrogens is 1. The van der Waals surface area contributed by atoms with Crippen LogP contribution in [0.15, 0.2) is 41.1 Å². The van der Waals surface area contributed by atoms with Crippen LogP contribution in [-0.2, 0) is 30.4 Å². The molecule has 8 atom stereocenters. The lowest BCUT2D eigenvalue weighted by Gasteiger charge is -2.32. The van der Waals surface area contributed by atoms with Crippen molar-refractivity contribution in [2.45, 2.75) is 107 Å². The minimum absolute atomic E-state index is 0.0390. The third kappa shape index (κ3) is 7.61. The Kier molecular flexibility index (Phi) is 9.99. The third-order valence-corrected chi connectivity index (χ3v) is 9.87. The highest BCUT2D eigenvalue weighted by atomic mass is 16.3. The van der Waals surface area contributed by atoms with Gasteiger partial charge in [0.15, 0.2) is 12.1 Å². The molecule has 49 heavy (non-hydrogen) atoms. The van der Waals surface area contributed by atoms with Crippen LogP contribution in [0.5, 0.6) is 0 Å². The van der Waals surface area contributed by atoms with Crippen molar-refractivity contribution in [2.75, 3.05) is 6.54 Å². The van der Waals surface area contributed by atoms with Gasteiger partial charge in [0.05, 0.1) is 12.0 Å². The van der Waals surface area contributed by atoms with Gasteiger partial charge in [-0.25, -0.2) is 4.98 Å². The molecule has 2 aliphatic heterocycles. The highest BCUT2D eigenvalue weighted by Gasteiger charge is 2.45. The number of aliphatic hydroxyl groups is 1. The van der Waals surface area contributed by atoms with E-state index in [1.165, 1.54) is 25.1 Å². The van der Waals surface area contributed by atoms with Crippen LogP contribution >= 0.6 is 0 Å². The monoisotopic (exact) mass is 677 g/mol. The number of rotatable bonds is 6. The lowest BCUT2D eigenvalue weighted by atomic mass is 10.00. The topological polar surface area (TPSA) is 212 Å². The largest absolute Gasteiger partial charge is 0.447 e. The van der Waals surface area contributed by atoms with E-state index in [9.17, 15) is 33.9 Å². The van der Waals surface area contributed by atoms with Crippen LogP contribution in [0.4, 0.5) is 0 Å². The minimum Gasteiger partial charge on any atom is -0.447 e. The smallest absolute Gasteiger partial charge is 0.273 e. The van der Waals surface area contributed by atoms with Crippen molar-refractivity contribution in [1.82, 2.24) is 36.5 Å². The highest BCUT2D eigenvalue weighted by molar-refractivity contribution is 5.97. The maximum absolute atomic E-state index is 14.4. The molecule has 1 aromatic carbocycles. The molecule has 1 aromatic heterocycles. The Hall–Kier alpha value is -4.79. The molecule has 15 nitrogen and oxygen atoms in total. The first-order valence-corrected chi connectivity index (χ1v) is 17.0. The van der Waals surface area contributed by atoms with Gasteiger partial charge in [-0.05, 0) is 51.5 Å². The van der Waals surface area contributed by atoms with Crippen molar-refractivity contribution in [3.8, 4) is 0 Å². The Bertz CT molecular complexity index is 1590. The second-order valence-corrected chi connectivity index (χ2v) is 13.6. The Labute approximate surface area is 283 Å². The summed E-state index contributed by atoms with van der Waals surface area (Å²) in [5, 5.41) is 24.5. The average Bonchev–Trinajstić information content (AvgIpc) is 3.42. The van der Waals surface area contributed by atoms with Crippen LogP contribution in [0.1, 0.15) is 80.1 Å². The van der Waals surface area contributed by atoms with Crippen molar-refractivity contribution in [3.63, 3.8) is 0 Å². The third-order valence-electron chi connectivity index (χ3n) is 9.87. The molecule has 6 N–H and O–H groups in total. The number of benzene rings is 1. The first-order chi connectivity index (χ1) is 23.5. The van der Waals surface area contributed by atoms with Gasteiger partial charge >= 0.3 is 0 Å². The molecule has 2 aromatic rings. The number of oxazole rings is 1. The Morgan fingerprint density at radius 2 is 1.73 bits per heavy atom. The van der Waals surface area contributed by atoms with Gasteiger partial charge in [-0.2, -0.15) is 0 Å². The number of nitrogens with zero attached hydrogens (tertiary/aromatic N) is 2. The second-order valence-electron chi connectivity index (χ2n) is 13.6. The van der Waals surface area contributed by atoms with Gasteiger partial charge in [0.2, 0.25) is 29.5 Å². The molecule has 2 saturated carbocycles. The van der Waals surface area contributed by atoms with Crippen LogP contribution in [0.25, 0.3) is 0 Å². The summed E-state index contributed by atoms with van der Waals surface area (Å²) in [7, 11) is 0. The first-order valence-electron chi connectivity index (χ1n) is 17.0. The van der Waals surface area contributed by atoms with E-state index in [0.29, 0.717) is 25.0 Å². The number of carbonyl (C=O) groups is 6. The van der Waals surface area contributed by atoms with E-state index in [0.717, 1.165) is 18.4 Å². The molecule has 0 spiro atoms. The number of aliphatic hydroxyl groups excluding tert-OH is 1. The lowest BCUT2D eigenvalue weighted by Crippen LogP contribution is -2.61. The van der Waals surface area contributed by atoms with Crippen molar-refractivity contribution in [3.05, 3.63) is 53.7 Å². The Morgan fingerprint density at radius 3 is 2.45 bits per heavy atom.